The van der Waals surface area contributed by atoms with Gasteiger partial charge in [0.05, 0.1) is 36.1 Å². The highest BCUT2D eigenvalue weighted by Crippen LogP contribution is 2.42. The number of hydrogen-bond acceptors (Lipinski definition) is 6. The lowest BCUT2D eigenvalue weighted by atomic mass is 9.95. The number of aliphatic hydroxyl groups excluding tert-OH is 1. The normalized spacial score (nSPS) is 17.7. The molecule has 0 bridgehead atoms. The highest BCUT2D eigenvalue weighted by Gasteiger charge is 2.46. The van der Waals surface area contributed by atoms with Crippen LogP contribution in [0.25, 0.3) is 5.76 Å². The molecule has 4 rings (SSSR count). The number of furan rings is 1. The van der Waals surface area contributed by atoms with Crippen LogP contribution in [0.1, 0.15) is 29.9 Å². The number of aromatic hydroxyl groups is 1. The van der Waals surface area contributed by atoms with Crippen molar-refractivity contribution in [1.29, 1.82) is 0 Å². The van der Waals surface area contributed by atoms with Gasteiger partial charge in [-0.2, -0.15) is 0 Å². The fourth-order valence-electron chi connectivity index (χ4n) is 3.71. The van der Waals surface area contributed by atoms with Gasteiger partial charge in [-0.25, -0.2) is 0 Å². The van der Waals surface area contributed by atoms with Gasteiger partial charge in [-0.1, -0.05) is 29.8 Å². The summed E-state index contributed by atoms with van der Waals surface area (Å²) in [5, 5.41) is 21.0. The van der Waals surface area contributed by atoms with Crippen molar-refractivity contribution in [3.05, 3.63) is 88.3 Å². The summed E-state index contributed by atoms with van der Waals surface area (Å²) < 4.78 is 10.8. The first-order valence-corrected chi connectivity index (χ1v) is 10.3. The molecular weight excluding hydrogens is 434 g/mol. The van der Waals surface area contributed by atoms with Gasteiger partial charge in [-0.3, -0.25) is 9.59 Å². The standard InChI is InChI=1S/C24H20ClNO6/c1-2-31-16-6-3-5-15(11-16)22(28)20-21(14-8-9-19(27)18(25)12-14)26(24(30)23(20)29)13-17-7-4-10-32-17/h3-12,21,27-28H,2,13H2,1H3/b22-20-. The lowest BCUT2D eigenvalue weighted by molar-refractivity contribution is -0.140. The fourth-order valence-corrected chi connectivity index (χ4v) is 3.90. The number of phenolic OH excluding ortho intramolecular Hbond substituents is 1. The Morgan fingerprint density at radius 1 is 1.16 bits per heavy atom. The lowest BCUT2D eigenvalue weighted by Crippen LogP contribution is -2.29. The second-order valence-electron chi connectivity index (χ2n) is 7.18. The molecule has 1 atom stereocenters. The number of phenols is 1. The Kier molecular flexibility index (Phi) is 5.92. The Bertz CT molecular complexity index is 1200. The number of ketones is 1. The number of carbonyl (C=O) groups excluding carboxylic acids is 2. The number of halogens is 1. The third kappa shape index (κ3) is 3.94. The SMILES string of the molecule is CCOc1cccc(/C(O)=C2/C(=O)C(=O)N(Cc3ccco3)C2c2ccc(O)c(Cl)c2)c1. The van der Waals surface area contributed by atoms with Gasteiger partial charge in [0.2, 0.25) is 0 Å². The van der Waals surface area contributed by atoms with Crippen LogP contribution in [0.3, 0.4) is 0 Å². The average molecular weight is 454 g/mol. The molecule has 0 aliphatic carbocycles. The number of rotatable bonds is 6. The van der Waals surface area contributed by atoms with Crippen molar-refractivity contribution in [3.8, 4) is 11.5 Å². The van der Waals surface area contributed by atoms with Crippen LogP contribution in [-0.4, -0.2) is 33.4 Å². The molecule has 3 aromatic rings. The first-order chi connectivity index (χ1) is 15.4. The molecule has 7 nitrogen and oxygen atoms in total. The molecular formula is C24H20ClNO6. The first-order valence-electron chi connectivity index (χ1n) is 9.93. The summed E-state index contributed by atoms with van der Waals surface area (Å²) in [7, 11) is 0. The summed E-state index contributed by atoms with van der Waals surface area (Å²) in [4.78, 5) is 27.3. The number of benzene rings is 2. The van der Waals surface area contributed by atoms with E-state index in [2.05, 4.69) is 0 Å². The monoisotopic (exact) mass is 453 g/mol. The van der Waals surface area contributed by atoms with E-state index in [1.807, 2.05) is 6.92 Å². The molecule has 0 saturated carbocycles. The molecule has 0 radical (unpaired) electrons. The van der Waals surface area contributed by atoms with Gasteiger partial charge in [0.1, 0.15) is 23.0 Å². The minimum absolute atomic E-state index is 0.0104. The zero-order valence-electron chi connectivity index (χ0n) is 17.1. The second kappa shape index (κ2) is 8.80. The molecule has 8 heteroatoms. The quantitative estimate of drug-likeness (QED) is 0.320. The van der Waals surface area contributed by atoms with Crippen LogP contribution >= 0.6 is 11.6 Å². The summed E-state index contributed by atoms with van der Waals surface area (Å²) >= 11 is 6.10. The Balaban J connectivity index is 1.87. The van der Waals surface area contributed by atoms with Gasteiger partial charge < -0.3 is 24.3 Å². The number of likely N-dealkylation sites (tertiary alicyclic amines) is 1. The van der Waals surface area contributed by atoms with Gasteiger partial charge in [-0.05, 0) is 48.9 Å². The van der Waals surface area contributed by atoms with E-state index < -0.39 is 17.7 Å². The van der Waals surface area contributed by atoms with E-state index in [4.69, 9.17) is 20.8 Å². The van der Waals surface area contributed by atoms with Gasteiger partial charge in [-0.15, -0.1) is 0 Å². The Labute approximate surface area is 189 Å². The van der Waals surface area contributed by atoms with Crippen LogP contribution in [0.2, 0.25) is 5.02 Å². The van der Waals surface area contributed by atoms with Crippen LogP contribution in [0, 0.1) is 0 Å². The molecule has 1 aromatic heterocycles. The van der Waals surface area contributed by atoms with Gasteiger partial charge in [0.25, 0.3) is 11.7 Å². The highest BCUT2D eigenvalue weighted by atomic mass is 35.5. The number of Topliss-reactive ketones (excluding diaryl/α,β-unsaturated/α-hetero) is 1. The van der Waals surface area contributed by atoms with Crippen LogP contribution in [0.15, 0.2) is 70.9 Å². The van der Waals surface area contributed by atoms with Crippen LogP contribution in [0.5, 0.6) is 11.5 Å². The van der Waals surface area contributed by atoms with Crippen molar-refractivity contribution in [2.24, 2.45) is 0 Å². The lowest BCUT2D eigenvalue weighted by Gasteiger charge is -2.24. The van der Waals surface area contributed by atoms with Crippen LogP contribution in [0.4, 0.5) is 0 Å². The molecule has 2 aromatic carbocycles. The summed E-state index contributed by atoms with van der Waals surface area (Å²) in [5.74, 6) is -1.09. The maximum absolute atomic E-state index is 13.1. The number of hydrogen-bond donors (Lipinski definition) is 2. The summed E-state index contributed by atoms with van der Waals surface area (Å²) in [6.45, 7) is 2.28. The van der Waals surface area contributed by atoms with Crippen molar-refractivity contribution in [1.82, 2.24) is 4.90 Å². The molecule has 164 valence electrons. The molecule has 1 unspecified atom stereocenters. The molecule has 1 aliphatic heterocycles. The van der Waals surface area contributed by atoms with E-state index in [9.17, 15) is 19.8 Å². The number of ether oxygens (including phenoxy) is 1. The molecule has 2 heterocycles. The summed E-state index contributed by atoms with van der Waals surface area (Å²) in [6, 6.07) is 13.5. The van der Waals surface area contributed by atoms with E-state index in [-0.39, 0.29) is 28.6 Å². The zero-order chi connectivity index (χ0) is 22.8. The molecule has 32 heavy (non-hydrogen) atoms. The molecule has 2 N–H and O–H groups in total. The third-order valence-electron chi connectivity index (χ3n) is 5.15. The molecule has 1 fully saturated rings. The molecule has 1 aliphatic rings. The fraction of sp³-hybridized carbons (Fsp3) is 0.167. The average Bonchev–Trinajstić information content (AvgIpc) is 3.38. The van der Waals surface area contributed by atoms with E-state index in [0.29, 0.717) is 29.2 Å². The minimum atomic E-state index is -0.936. The third-order valence-corrected chi connectivity index (χ3v) is 5.45. The van der Waals surface area contributed by atoms with Crippen molar-refractivity contribution < 1.29 is 29.0 Å². The van der Waals surface area contributed by atoms with Gasteiger partial charge in [0, 0.05) is 5.56 Å². The zero-order valence-corrected chi connectivity index (χ0v) is 17.9. The summed E-state index contributed by atoms with van der Waals surface area (Å²) in [5.41, 5.74) is 0.708. The van der Waals surface area contributed by atoms with E-state index in [0.717, 1.165) is 0 Å². The predicted octanol–water partition coefficient (Wildman–Crippen LogP) is 4.66. The summed E-state index contributed by atoms with van der Waals surface area (Å²) in [6.07, 6.45) is 1.47. The number of amides is 1. The molecule has 1 amide bonds. The van der Waals surface area contributed by atoms with Crippen molar-refractivity contribution in [2.45, 2.75) is 19.5 Å². The van der Waals surface area contributed by atoms with Crippen molar-refractivity contribution >= 4 is 29.1 Å². The van der Waals surface area contributed by atoms with Crippen LogP contribution < -0.4 is 4.74 Å². The van der Waals surface area contributed by atoms with E-state index >= 15 is 0 Å². The first kappa shape index (κ1) is 21.5. The number of nitrogens with zero attached hydrogens (tertiary/aromatic N) is 1. The second-order valence-corrected chi connectivity index (χ2v) is 7.59. The number of aliphatic hydroxyl groups is 1. The van der Waals surface area contributed by atoms with Crippen molar-refractivity contribution in [3.63, 3.8) is 0 Å². The molecule has 1 saturated heterocycles. The maximum Gasteiger partial charge on any atom is 0.296 e. The van der Waals surface area contributed by atoms with Gasteiger partial charge >= 0.3 is 0 Å². The Hall–Kier alpha value is -3.71. The van der Waals surface area contributed by atoms with Gasteiger partial charge in [0.15, 0.2) is 0 Å². The largest absolute Gasteiger partial charge is 0.507 e. The van der Waals surface area contributed by atoms with E-state index in [1.54, 1.807) is 42.5 Å². The van der Waals surface area contributed by atoms with Crippen molar-refractivity contribution in [2.75, 3.05) is 6.61 Å². The smallest absolute Gasteiger partial charge is 0.296 e. The predicted molar refractivity (Wildman–Crippen MR) is 117 cm³/mol. The van der Waals surface area contributed by atoms with E-state index in [1.165, 1.54) is 23.3 Å². The maximum atomic E-state index is 13.1. The number of carbonyl (C=O) groups is 2. The van der Waals surface area contributed by atoms with Crippen LogP contribution in [-0.2, 0) is 16.1 Å². The topological polar surface area (TPSA) is 100 Å². The molecule has 0 spiro atoms. The Morgan fingerprint density at radius 2 is 1.97 bits per heavy atom. The Morgan fingerprint density at radius 3 is 2.66 bits per heavy atom. The minimum Gasteiger partial charge on any atom is -0.507 e. The highest BCUT2D eigenvalue weighted by molar-refractivity contribution is 6.46.